The Hall–Kier alpha value is -1.14. The van der Waals surface area contributed by atoms with Gasteiger partial charge in [-0.05, 0) is 49.9 Å². The van der Waals surface area contributed by atoms with Gasteiger partial charge in [0, 0.05) is 12.6 Å². The number of halogens is 4. The molecule has 2 unspecified atom stereocenters. The fourth-order valence-electron chi connectivity index (χ4n) is 3.54. The molecule has 6 heteroatoms. The van der Waals surface area contributed by atoms with Crippen LogP contribution in [0.5, 0.6) is 0 Å². The molecule has 1 aromatic rings. The van der Waals surface area contributed by atoms with Crippen LogP contribution in [0.1, 0.15) is 36.8 Å². The van der Waals surface area contributed by atoms with Crippen molar-refractivity contribution in [1.82, 2.24) is 4.90 Å². The topological polar surface area (TPSA) is 23.5 Å². The van der Waals surface area contributed by atoms with Crippen molar-refractivity contribution in [1.29, 1.82) is 0 Å². The number of piperidine rings is 1. The van der Waals surface area contributed by atoms with E-state index >= 15 is 0 Å². The second-order valence-electron chi connectivity index (χ2n) is 6.01. The maximum absolute atomic E-state index is 13.7. The molecule has 2 nitrogen and oxygen atoms in total. The second kappa shape index (κ2) is 4.95. The summed E-state index contributed by atoms with van der Waals surface area (Å²) in [7, 11) is 0. The molecule has 21 heavy (non-hydrogen) atoms. The maximum atomic E-state index is 13.7. The number of nitrogens with zero attached hydrogens (tertiary/aromatic N) is 1. The van der Waals surface area contributed by atoms with Crippen LogP contribution < -0.4 is 0 Å². The fourth-order valence-corrected chi connectivity index (χ4v) is 3.54. The summed E-state index contributed by atoms with van der Waals surface area (Å²) in [5.74, 6) is -1.32. The molecule has 116 valence electrons. The normalized spacial score (nSPS) is 30.4. The van der Waals surface area contributed by atoms with Gasteiger partial charge in [-0.25, -0.2) is 4.39 Å². The van der Waals surface area contributed by atoms with Crippen LogP contribution in [-0.4, -0.2) is 29.1 Å². The highest BCUT2D eigenvalue weighted by molar-refractivity contribution is 5.31. The summed E-state index contributed by atoms with van der Waals surface area (Å²) >= 11 is 0. The van der Waals surface area contributed by atoms with Crippen molar-refractivity contribution in [2.75, 3.05) is 13.1 Å². The zero-order chi connectivity index (χ0) is 15.3. The van der Waals surface area contributed by atoms with E-state index in [0.29, 0.717) is 19.4 Å². The van der Waals surface area contributed by atoms with Gasteiger partial charge in [-0.2, -0.15) is 13.2 Å². The first-order chi connectivity index (χ1) is 9.79. The molecule has 0 aliphatic carbocycles. The maximum Gasteiger partial charge on any atom is 0.419 e. The second-order valence-corrected chi connectivity index (χ2v) is 6.01. The predicted molar refractivity (Wildman–Crippen MR) is 69.1 cm³/mol. The van der Waals surface area contributed by atoms with E-state index in [2.05, 4.69) is 4.90 Å². The quantitative estimate of drug-likeness (QED) is 0.805. The first-order valence-electron chi connectivity index (χ1n) is 7.13. The SMILES string of the molecule is OC1(c2ccc(C(F)(F)F)c(F)c2)CCN2CCCC2C1. The summed E-state index contributed by atoms with van der Waals surface area (Å²) in [6, 6.07) is 3.02. The van der Waals surface area contributed by atoms with Crippen LogP contribution in [0.25, 0.3) is 0 Å². The minimum absolute atomic E-state index is 0.245. The van der Waals surface area contributed by atoms with Crippen LogP contribution in [0.4, 0.5) is 17.6 Å². The summed E-state index contributed by atoms with van der Waals surface area (Å²) in [6.07, 6.45) is -1.78. The molecule has 0 saturated carbocycles. The zero-order valence-electron chi connectivity index (χ0n) is 11.5. The fraction of sp³-hybridized carbons (Fsp3) is 0.600. The van der Waals surface area contributed by atoms with Gasteiger partial charge in [-0.1, -0.05) is 6.07 Å². The molecule has 2 aliphatic rings. The van der Waals surface area contributed by atoms with E-state index in [1.807, 2.05) is 0 Å². The molecule has 2 fully saturated rings. The van der Waals surface area contributed by atoms with Crippen molar-refractivity contribution < 1.29 is 22.7 Å². The van der Waals surface area contributed by atoms with Crippen LogP contribution in [0.3, 0.4) is 0 Å². The van der Waals surface area contributed by atoms with E-state index in [4.69, 9.17) is 0 Å². The number of fused-ring (bicyclic) bond motifs is 1. The molecule has 2 heterocycles. The lowest BCUT2D eigenvalue weighted by Crippen LogP contribution is -2.46. The largest absolute Gasteiger partial charge is 0.419 e. The smallest absolute Gasteiger partial charge is 0.385 e. The van der Waals surface area contributed by atoms with E-state index in [1.165, 1.54) is 6.07 Å². The van der Waals surface area contributed by atoms with Crippen molar-refractivity contribution in [3.63, 3.8) is 0 Å². The Bertz CT molecular complexity index is 545. The Morgan fingerprint density at radius 1 is 1.24 bits per heavy atom. The predicted octanol–water partition coefficient (Wildman–Crippen LogP) is 3.29. The van der Waals surface area contributed by atoms with Gasteiger partial charge in [0.15, 0.2) is 0 Å². The van der Waals surface area contributed by atoms with Crippen LogP contribution in [0.15, 0.2) is 18.2 Å². The summed E-state index contributed by atoms with van der Waals surface area (Å²) in [6.45, 7) is 1.70. The Labute approximate surface area is 120 Å². The average Bonchev–Trinajstić information content (AvgIpc) is 2.84. The van der Waals surface area contributed by atoms with Crippen molar-refractivity contribution in [3.05, 3.63) is 35.1 Å². The van der Waals surface area contributed by atoms with Gasteiger partial charge in [0.1, 0.15) is 5.82 Å². The van der Waals surface area contributed by atoms with Gasteiger partial charge in [0.05, 0.1) is 11.2 Å². The molecule has 1 N–H and O–H groups in total. The number of hydrogen-bond donors (Lipinski definition) is 1. The average molecular weight is 303 g/mol. The number of hydrogen-bond acceptors (Lipinski definition) is 2. The van der Waals surface area contributed by atoms with Crippen LogP contribution >= 0.6 is 0 Å². The number of alkyl halides is 3. The molecule has 2 atom stereocenters. The highest BCUT2D eigenvalue weighted by Crippen LogP contribution is 2.41. The third kappa shape index (κ3) is 2.66. The van der Waals surface area contributed by atoms with E-state index in [0.717, 1.165) is 31.5 Å². The standard InChI is InChI=1S/C15H17F4NO/c16-13-8-10(3-4-12(13)15(17,18)19)14(21)5-7-20-6-1-2-11(20)9-14/h3-4,8,11,21H,1-2,5-7,9H2. The Kier molecular flexibility index (Phi) is 3.48. The molecule has 2 saturated heterocycles. The third-order valence-electron chi connectivity index (χ3n) is 4.70. The zero-order valence-corrected chi connectivity index (χ0v) is 11.5. The first kappa shape index (κ1) is 14.8. The van der Waals surface area contributed by atoms with E-state index in [9.17, 15) is 22.7 Å². The molecule has 0 bridgehead atoms. The molecule has 0 radical (unpaired) electrons. The van der Waals surface area contributed by atoms with Crippen LogP contribution in [0, 0.1) is 5.82 Å². The molecule has 1 aromatic carbocycles. The van der Waals surface area contributed by atoms with E-state index < -0.39 is 23.2 Å². The minimum atomic E-state index is -4.71. The van der Waals surface area contributed by atoms with E-state index in [1.54, 1.807) is 0 Å². The molecule has 0 aromatic heterocycles. The lowest BCUT2D eigenvalue weighted by molar-refractivity contribution is -0.140. The van der Waals surface area contributed by atoms with Crippen molar-refractivity contribution in [3.8, 4) is 0 Å². The Balaban J connectivity index is 1.88. The molecular formula is C15H17F4NO. The minimum Gasteiger partial charge on any atom is -0.385 e. The summed E-state index contributed by atoms with van der Waals surface area (Å²) < 4.78 is 51.5. The highest BCUT2D eigenvalue weighted by Gasteiger charge is 2.42. The summed E-state index contributed by atoms with van der Waals surface area (Å²) in [5, 5.41) is 10.7. The van der Waals surface area contributed by atoms with Crippen LogP contribution in [0.2, 0.25) is 0 Å². The summed E-state index contributed by atoms with van der Waals surface area (Å²) in [4.78, 5) is 2.29. The Morgan fingerprint density at radius 2 is 2.00 bits per heavy atom. The number of benzene rings is 1. The highest BCUT2D eigenvalue weighted by atomic mass is 19.4. The molecule has 0 spiro atoms. The van der Waals surface area contributed by atoms with Gasteiger partial charge in [0.2, 0.25) is 0 Å². The van der Waals surface area contributed by atoms with Gasteiger partial charge < -0.3 is 10.0 Å². The Morgan fingerprint density at radius 3 is 2.67 bits per heavy atom. The lowest BCUT2D eigenvalue weighted by atomic mass is 9.80. The molecule has 3 rings (SSSR count). The number of rotatable bonds is 1. The van der Waals surface area contributed by atoms with Gasteiger partial charge in [-0.15, -0.1) is 0 Å². The van der Waals surface area contributed by atoms with Crippen molar-refractivity contribution >= 4 is 0 Å². The molecule has 2 aliphatic heterocycles. The lowest BCUT2D eigenvalue weighted by Gasteiger charge is -2.41. The third-order valence-corrected chi connectivity index (χ3v) is 4.70. The monoisotopic (exact) mass is 303 g/mol. The summed E-state index contributed by atoms with van der Waals surface area (Å²) in [5.41, 5.74) is -2.26. The van der Waals surface area contributed by atoms with E-state index in [-0.39, 0.29) is 11.6 Å². The first-order valence-corrected chi connectivity index (χ1v) is 7.13. The van der Waals surface area contributed by atoms with Gasteiger partial charge in [-0.3, -0.25) is 0 Å². The van der Waals surface area contributed by atoms with Gasteiger partial charge >= 0.3 is 6.18 Å². The molecule has 0 amide bonds. The number of aliphatic hydroxyl groups is 1. The van der Waals surface area contributed by atoms with Gasteiger partial charge in [0.25, 0.3) is 0 Å². The molecular weight excluding hydrogens is 286 g/mol. The van der Waals surface area contributed by atoms with Crippen molar-refractivity contribution in [2.45, 2.75) is 43.5 Å². The van der Waals surface area contributed by atoms with Crippen molar-refractivity contribution in [2.24, 2.45) is 0 Å². The van der Waals surface area contributed by atoms with Crippen LogP contribution in [-0.2, 0) is 11.8 Å².